The molecule has 1 heterocycles. The van der Waals surface area contributed by atoms with E-state index in [9.17, 15) is 4.79 Å². The number of hydrogen-bond donors (Lipinski definition) is 2. The van der Waals surface area contributed by atoms with Crippen LogP contribution in [0.1, 0.15) is 15.9 Å². The maximum absolute atomic E-state index is 10.7. The molecule has 1 aromatic carbocycles. The Kier molecular flexibility index (Phi) is 2.53. The summed E-state index contributed by atoms with van der Waals surface area (Å²) >= 11 is 0. The van der Waals surface area contributed by atoms with Gasteiger partial charge in [0.15, 0.2) is 6.29 Å². The first-order valence-electron chi connectivity index (χ1n) is 4.51. The van der Waals surface area contributed by atoms with Crippen LogP contribution in [0.25, 0.3) is 10.9 Å². The maximum atomic E-state index is 10.7. The van der Waals surface area contributed by atoms with Gasteiger partial charge in [0.05, 0.1) is 0 Å². The van der Waals surface area contributed by atoms with Gasteiger partial charge in [-0.1, -0.05) is 11.8 Å². The molecule has 0 bridgehead atoms. The largest absolute Gasteiger partial charge is 0.384 e. The smallest absolute Gasteiger partial charge is 0.152 e. The summed E-state index contributed by atoms with van der Waals surface area (Å²) in [6.45, 7) is -0.161. The molecule has 0 aliphatic heterocycles. The maximum Gasteiger partial charge on any atom is 0.152 e. The average Bonchev–Trinajstić information content (AvgIpc) is 2.68. The number of aliphatic hydroxyl groups excluding tert-OH is 1. The van der Waals surface area contributed by atoms with E-state index in [2.05, 4.69) is 16.8 Å². The fraction of sp³-hybridized carbons (Fsp3) is 0.0833. The number of aromatic nitrogens is 1. The number of benzene rings is 1. The van der Waals surface area contributed by atoms with Crippen LogP contribution in [-0.2, 0) is 0 Å². The number of carbonyl (C=O) groups is 1. The zero-order valence-electron chi connectivity index (χ0n) is 7.95. The fourth-order valence-electron chi connectivity index (χ4n) is 1.46. The first-order valence-corrected chi connectivity index (χ1v) is 4.51. The van der Waals surface area contributed by atoms with Crippen molar-refractivity contribution in [3.05, 3.63) is 35.5 Å². The van der Waals surface area contributed by atoms with Crippen molar-refractivity contribution in [1.82, 2.24) is 4.98 Å². The van der Waals surface area contributed by atoms with Crippen LogP contribution >= 0.6 is 0 Å². The summed E-state index contributed by atoms with van der Waals surface area (Å²) in [6, 6.07) is 5.54. The van der Waals surface area contributed by atoms with Gasteiger partial charge in [-0.15, -0.1) is 0 Å². The van der Waals surface area contributed by atoms with Crippen molar-refractivity contribution < 1.29 is 9.90 Å². The number of hydrogen-bond acceptors (Lipinski definition) is 2. The van der Waals surface area contributed by atoms with Crippen molar-refractivity contribution in [2.45, 2.75) is 0 Å². The number of aliphatic hydroxyl groups is 1. The Morgan fingerprint density at radius 2 is 2.33 bits per heavy atom. The summed E-state index contributed by atoms with van der Waals surface area (Å²) < 4.78 is 0. The lowest BCUT2D eigenvalue weighted by Gasteiger charge is -1.92. The van der Waals surface area contributed by atoms with Gasteiger partial charge < -0.3 is 10.1 Å². The Balaban J connectivity index is 2.57. The standard InChI is InChI=1S/C12H9NO2/c14-5-1-2-9-3-4-12-11(6-9)10(8-15)7-13-12/h3-4,6-8,13-14H,5H2. The van der Waals surface area contributed by atoms with Crippen molar-refractivity contribution in [1.29, 1.82) is 0 Å². The van der Waals surface area contributed by atoms with E-state index in [0.717, 1.165) is 22.8 Å². The van der Waals surface area contributed by atoms with Gasteiger partial charge in [-0.25, -0.2) is 0 Å². The molecule has 0 unspecified atom stereocenters. The summed E-state index contributed by atoms with van der Waals surface area (Å²) in [4.78, 5) is 13.7. The zero-order valence-corrected chi connectivity index (χ0v) is 7.95. The van der Waals surface area contributed by atoms with Gasteiger partial charge in [-0.3, -0.25) is 4.79 Å². The predicted octanol–water partition coefficient (Wildman–Crippen LogP) is 1.32. The average molecular weight is 199 g/mol. The normalized spacial score (nSPS) is 9.67. The topological polar surface area (TPSA) is 53.1 Å². The number of aromatic amines is 1. The van der Waals surface area contributed by atoms with Gasteiger partial charge in [-0.2, -0.15) is 0 Å². The van der Waals surface area contributed by atoms with Crippen LogP contribution in [0.5, 0.6) is 0 Å². The highest BCUT2D eigenvalue weighted by atomic mass is 16.2. The number of nitrogens with one attached hydrogen (secondary N) is 1. The molecular weight excluding hydrogens is 190 g/mol. The van der Waals surface area contributed by atoms with Gasteiger partial charge in [0.25, 0.3) is 0 Å². The molecule has 2 N–H and O–H groups in total. The number of carbonyl (C=O) groups excluding carboxylic acids is 1. The minimum absolute atomic E-state index is 0.161. The lowest BCUT2D eigenvalue weighted by molar-refractivity contribution is 0.112. The third-order valence-electron chi connectivity index (χ3n) is 2.15. The first-order chi connectivity index (χ1) is 7.35. The highest BCUT2D eigenvalue weighted by Crippen LogP contribution is 2.17. The van der Waals surface area contributed by atoms with Gasteiger partial charge in [0.2, 0.25) is 0 Å². The lowest BCUT2D eigenvalue weighted by Crippen LogP contribution is -1.79. The summed E-state index contributed by atoms with van der Waals surface area (Å²) in [5, 5.41) is 9.42. The summed E-state index contributed by atoms with van der Waals surface area (Å²) in [5.74, 6) is 5.36. The Hall–Kier alpha value is -2.05. The summed E-state index contributed by atoms with van der Waals surface area (Å²) in [7, 11) is 0. The van der Waals surface area contributed by atoms with E-state index >= 15 is 0 Å². The molecule has 0 aliphatic rings. The molecule has 0 saturated heterocycles. The monoisotopic (exact) mass is 199 g/mol. The number of rotatable bonds is 1. The molecule has 3 nitrogen and oxygen atoms in total. The van der Waals surface area contributed by atoms with Crippen molar-refractivity contribution in [3.63, 3.8) is 0 Å². The van der Waals surface area contributed by atoms with E-state index in [1.807, 2.05) is 18.2 Å². The highest BCUT2D eigenvalue weighted by molar-refractivity contribution is 5.97. The molecule has 0 amide bonds. The Morgan fingerprint density at radius 1 is 1.47 bits per heavy atom. The predicted molar refractivity (Wildman–Crippen MR) is 57.7 cm³/mol. The van der Waals surface area contributed by atoms with Gasteiger partial charge >= 0.3 is 0 Å². The lowest BCUT2D eigenvalue weighted by atomic mass is 10.1. The molecule has 3 heteroatoms. The van der Waals surface area contributed by atoms with Crippen molar-refractivity contribution in [3.8, 4) is 11.8 Å². The Bertz CT molecular complexity index is 558. The van der Waals surface area contributed by atoms with Crippen LogP contribution in [0.2, 0.25) is 0 Å². The van der Waals surface area contributed by atoms with Crippen molar-refractivity contribution in [2.75, 3.05) is 6.61 Å². The zero-order chi connectivity index (χ0) is 10.7. The van der Waals surface area contributed by atoms with E-state index in [4.69, 9.17) is 5.11 Å². The van der Waals surface area contributed by atoms with Crippen molar-refractivity contribution in [2.24, 2.45) is 0 Å². The third-order valence-corrected chi connectivity index (χ3v) is 2.15. The van der Waals surface area contributed by atoms with Crippen molar-refractivity contribution >= 4 is 17.2 Å². The van der Waals surface area contributed by atoms with Crippen LogP contribution in [-0.4, -0.2) is 23.0 Å². The third kappa shape index (κ3) is 1.76. The highest BCUT2D eigenvalue weighted by Gasteiger charge is 2.02. The van der Waals surface area contributed by atoms with Crippen LogP contribution < -0.4 is 0 Å². The van der Waals surface area contributed by atoms with Crippen LogP contribution in [0, 0.1) is 11.8 Å². The summed E-state index contributed by atoms with van der Waals surface area (Å²) in [5.41, 5.74) is 2.32. The number of H-pyrrole nitrogens is 1. The molecule has 2 rings (SSSR count). The second-order valence-corrected chi connectivity index (χ2v) is 3.08. The fourth-order valence-corrected chi connectivity index (χ4v) is 1.46. The quantitative estimate of drug-likeness (QED) is 0.537. The van der Waals surface area contributed by atoms with Gasteiger partial charge in [-0.05, 0) is 18.2 Å². The minimum atomic E-state index is -0.161. The molecular formula is C12H9NO2. The van der Waals surface area contributed by atoms with Gasteiger partial charge in [0, 0.05) is 28.2 Å². The van der Waals surface area contributed by atoms with E-state index in [-0.39, 0.29) is 6.61 Å². The second-order valence-electron chi connectivity index (χ2n) is 3.08. The van der Waals surface area contributed by atoms with E-state index in [1.165, 1.54) is 0 Å². The van der Waals surface area contributed by atoms with E-state index in [1.54, 1.807) is 6.20 Å². The second kappa shape index (κ2) is 3.99. The SMILES string of the molecule is O=Cc1c[nH]c2ccc(C#CCO)cc12. The first kappa shape index (κ1) is 9.50. The Morgan fingerprint density at radius 3 is 3.07 bits per heavy atom. The molecule has 2 aromatic rings. The summed E-state index contributed by atoms with van der Waals surface area (Å²) in [6.07, 6.45) is 2.48. The minimum Gasteiger partial charge on any atom is -0.384 e. The number of fused-ring (bicyclic) bond motifs is 1. The Labute approximate surface area is 86.7 Å². The van der Waals surface area contributed by atoms with E-state index < -0.39 is 0 Å². The molecule has 1 aromatic heterocycles. The van der Waals surface area contributed by atoms with Crippen LogP contribution in [0.3, 0.4) is 0 Å². The molecule has 0 spiro atoms. The van der Waals surface area contributed by atoms with E-state index in [0.29, 0.717) is 5.56 Å². The molecule has 0 radical (unpaired) electrons. The van der Waals surface area contributed by atoms with Gasteiger partial charge in [0.1, 0.15) is 6.61 Å². The molecule has 0 saturated carbocycles. The molecule has 0 aliphatic carbocycles. The number of aldehydes is 1. The van der Waals surface area contributed by atoms with Crippen LogP contribution in [0.15, 0.2) is 24.4 Å². The van der Waals surface area contributed by atoms with Crippen LogP contribution in [0.4, 0.5) is 0 Å². The molecule has 74 valence electrons. The molecule has 0 atom stereocenters. The molecule has 15 heavy (non-hydrogen) atoms. The molecule has 0 fully saturated rings.